The second kappa shape index (κ2) is 4.63. The number of amides is 1. The Morgan fingerprint density at radius 1 is 1.33 bits per heavy atom. The van der Waals surface area contributed by atoms with Gasteiger partial charge >= 0.3 is 0 Å². The van der Waals surface area contributed by atoms with Crippen LogP contribution in [0.15, 0.2) is 22.8 Å². The van der Waals surface area contributed by atoms with Gasteiger partial charge in [-0.2, -0.15) is 0 Å². The predicted octanol–water partition coefficient (Wildman–Crippen LogP) is 1.48. The molecule has 0 saturated carbocycles. The molecule has 3 rings (SSSR count). The van der Waals surface area contributed by atoms with Crippen LogP contribution in [0.1, 0.15) is 10.5 Å². The van der Waals surface area contributed by atoms with E-state index in [1.54, 1.807) is 6.20 Å². The Kier molecular flexibility index (Phi) is 3.11. The fourth-order valence-corrected chi connectivity index (χ4v) is 3.51. The van der Waals surface area contributed by atoms with Gasteiger partial charge in [0.2, 0.25) is 0 Å². The Bertz CT molecular complexity index is 465. The van der Waals surface area contributed by atoms with E-state index in [0.717, 1.165) is 30.7 Å². The second-order valence-electron chi connectivity index (χ2n) is 5.29. The van der Waals surface area contributed by atoms with Crippen LogP contribution in [0.5, 0.6) is 0 Å². The molecule has 1 aromatic rings. The lowest BCUT2D eigenvalue weighted by atomic mass is 10.0. The van der Waals surface area contributed by atoms with Crippen LogP contribution in [-0.2, 0) is 0 Å². The lowest BCUT2D eigenvalue weighted by Gasteiger charge is -2.19. The molecule has 4 nitrogen and oxygen atoms in total. The minimum atomic E-state index is 0.0551. The van der Waals surface area contributed by atoms with Gasteiger partial charge in [-0.05, 0) is 46.9 Å². The lowest BCUT2D eigenvalue weighted by Crippen LogP contribution is -2.33. The second-order valence-corrected chi connectivity index (χ2v) is 6.14. The number of halogens is 1. The van der Waals surface area contributed by atoms with Crippen molar-refractivity contribution >= 4 is 21.8 Å². The van der Waals surface area contributed by atoms with E-state index in [4.69, 9.17) is 0 Å². The molecule has 2 aliphatic heterocycles. The molecule has 2 saturated heterocycles. The van der Waals surface area contributed by atoms with E-state index < -0.39 is 0 Å². The van der Waals surface area contributed by atoms with Crippen LogP contribution in [0.2, 0.25) is 0 Å². The first-order valence-corrected chi connectivity index (χ1v) is 7.03. The molecule has 0 radical (unpaired) electrons. The van der Waals surface area contributed by atoms with Crippen molar-refractivity contribution in [3.8, 4) is 0 Å². The summed E-state index contributed by atoms with van der Waals surface area (Å²) in [7, 11) is 2.15. The Balaban J connectivity index is 1.74. The Labute approximate surface area is 115 Å². The molecule has 2 fully saturated rings. The molecule has 3 heterocycles. The zero-order valence-corrected chi connectivity index (χ0v) is 11.9. The summed E-state index contributed by atoms with van der Waals surface area (Å²) in [6, 6.07) is 3.69. The predicted molar refractivity (Wildman–Crippen MR) is 72.3 cm³/mol. The number of aromatic nitrogens is 1. The summed E-state index contributed by atoms with van der Waals surface area (Å²) in [6.07, 6.45) is 1.67. The average Bonchev–Trinajstić information content (AvgIpc) is 2.85. The van der Waals surface area contributed by atoms with E-state index in [1.165, 1.54) is 0 Å². The maximum atomic E-state index is 12.4. The largest absolute Gasteiger partial charge is 0.337 e. The third kappa shape index (κ3) is 2.06. The van der Waals surface area contributed by atoms with Gasteiger partial charge in [0.25, 0.3) is 5.91 Å². The summed E-state index contributed by atoms with van der Waals surface area (Å²) in [5, 5.41) is 0. The maximum Gasteiger partial charge on any atom is 0.273 e. The zero-order valence-electron chi connectivity index (χ0n) is 10.3. The minimum absolute atomic E-state index is 0.0551. The van der Waals surface area contributed by atoms with Gasteiger partial charge in [-0.3, -0.25) is 4.79 Å². The molecule has 0 N–H and O–H groups in total. The van der Waals surface area contributed by atoms with Crippen molar-refractivity contribution in [1.82, 2.24) is 14.8 Å². The molecular weight excluding hydrogens is 294 g/mol. The Hall–Kier alpha value is -0.940. The number of hydrogen-bond acceptors (Lipinski definition) is 3. The monoisotopic (exact) mass is 309 g/mol. The molecule has 2 aliphatic rings. The molecule has 0 spiro atoms. The van der Waals surface area contributed by atoms with Crippen LogP contribution >= 0.6 is 15.9 Å². The molecular formula is C13H16BrN3O. The van der Waals surface area contributed by atoms with Gasteiger partial charge in [0, 0.05) is 36.8 Å². The van der Waals surface area contributed by atoms with Crippen molar-refractivity contribution in [3.63, 3.8) is 0 Å². The summed E-state index contributed by atoms with van der Waals surface area (Å²) in [6.45, 7) is 3.96. The highest BCUT2D eigenvalue weighted by molar-refractivity contribution is 9.10. The number of likely N-dealkylation sites (tertiary alicyclic amines) is 2. The van der Waals surface area contributed by atoms with Crippen LogP contribution in [0.25, 0.3) is 0 Å². The molecule has 0 aromatic carbocycles. The maximum absolute atomic E-state index is 12.4. The van der Waals surface area contributed by atoms with Crippen LogP contribution in [0, 0.1) is 11.8 Å². The summed E-state index contributed by atoms with van der Waals surface area (Å²) < 4.78 is 0.782. The number of fused-ring (bicyclic) bond motifs is 1. The molecule has 2 atom stereocenters. The first-order valence-electron chi connectivity index (χ1n) is 6.23. The molecule has 5 heteroatoms. The lowest BCUT2D eigenvalue weighted by molar-refractivity contribution is 0.0769. The van der Waals surface area contributed by atoms with E-state index in [-0.39, 0.29) is 5.91 Å². The molecule has 0 unspecified atom stereocenters. The number of rotatable bonds is 1. The summed E-state index contributed by atoms with van der Waals surface area (Å²) in [5.41, 5.74) is 0.533. The molecule has 0 aliphatic carbocycles. The highest BCUT2D eigenvalue weighted by Gasteiger charge is 2.40. The average molecular weight is 310 g/mol. The number of carbonyl (C=O) groups is 1. The SMILES string of the molecule is CN1C[C@@H]2CN(C(=O)c3ncccc3Br)C[C@@H]2C1. The normalized spacial score (nSPS) is 27.6. The first kappa shape index (κ1) is 12.1. The highest BCUT2D eigenvalue weighted by Crippen LogP contribution is 2.31. The van der Waals surface area contributed by atoms with Gasteiger partial charge < -0.3 is 9.80 Å². The Morgan fingerprint density at radius 3 is 2.61 bits per heavy atom. The molecule has 1 aromatic heterocycles. The summed E-state index contributed by atoms with van der Waals surface area (Å²) in [4.78, 5) is 20.9. The van der Waals surface area contributed by atoms with E-state index in [0.29, 0.717) is 17.5 Å². The number of nitrogens with zero attached hydrogens (tertiary/aromatic N) is 3. The number of hydrogen-bond donors (Lipinski definition) is 0. The molecule has 18 heavy (non-hydrogen) atoms. The molecule has 0 bridgehead atoms. The summed E-state index contributed by atoms with van der Waals surface area (Å²) in [5.74, 6) is 1.34. The van der Waals surface area contributed by atoms with E-state index in [2.05, 4.69) is 32.9 Å². The van der Waals surface area contributed by atoms with Crippen LogP contribution in [0.4, 0.5) is 0 Å². The standard InChI is InChI=1S/C13H16BrN3O/c1-16-5-9-7-17(8-10(9)6-16)13(18)12-11(14)3-2-4-15-12/h2-4,9-10H,5-8H2,1H3/t9-,10+. The van der Waals surface area contributed by atoms with Gasteiger partial charge in [-0.25, -0.2) is 4.98 Å². The van der Waals surface area contributed by atoms with E-state index in [1.807, 2.05) is 17.0 Å². The number of pyridine rings is 1. The van der Waals surface area contributed by atoms with Crippen LogP contribution in [-0.4, -0.2) is 53.9 Å². The van der Waals surface area contributed by atoms with Gasteiger partial charge in [0.1, 0.15) is 5.69 Å². The molecule has 96 valence electrons. The topological polar surface area (TPSA) is 36.4 Å². The zero-order chi connectivity index (χ0) is 12.7. The minimum Gasteiger partial charge on any atom is -0.337 e. The van der Waals surface area contributed by atoms with Crippen molar-refractivity contribution in [3.05, 3.63) is 28.5 Å². The third-order valence-corrected chi connectivity index (χ3v) is 4.56. The quantitative estimate of drug-likeness (QED) is 0.788. The fraction of sp³-hybridized carbons (Fsp3) is 0.538. The smallest absolute Gasteiger partial charge is 0.273 e. The van der Waals surface area contributed by atoms with Crippen LogP contribution < -0.4 is 0 Å². The molecule has 1 amide bonds. The van der Waals surface area contributed by atoms with Gasteiger partial charge in [-0.15, -0.1) is 0 Å². The van der Waals surface area contributed by atoms with Crippen molar-refractivity contribution in [2.45, 2.75) is 0 Å². The van der Waals surface area contributed by atoms with Crippen molar-refractivity contribution < 1.29 is 4.79 Å². The first-order chi connectivity index (χ1) is 8.65. The van der Waals surface area contributed by atoms with Crippen molar-refractivity contribution in [2.75, 3.05) is 33.2 Å². The Morgan fingerprint density at radius 2 is 2.00 bits per heavy atom. The number of carbonyl (C=O) groups excluding carboxylic acids is 1. The van der Waals surface area contributed by atoms with Gasteiger partial charge in [0.05, 0.1) is 0 Å². The van der Waals surface area contributed by atoms with E-state index >= 15 is 0 Å². The van der Waals surface area contributed by atoms with Crippen LogP contribution in [0.3, 0.4) is 0 Å². The summed E-state index contributed by atoms with van der Waals surface area (Å²) >= 11 is 3.40. The fourth-order valence-electron chi connectivity index (χ4n) is 3.09. The third-order valence-electron chi connectivity index (χ3n) is 3.92. The van der Waals surface area contributed by atoms with E-state index in [9.17, 15) is 4.79 Å². The van der Waals surface area contributed by atoms with Crippen molar-refractivity contribution in [2.24, 2.45) is 11.8 Å². The highest BCUT2D eigenvalue weighted by atomic mass is 79.9. The van der Waals surface area contributed by atoms with Crippen molar-refractivity contribution in [1.29, 1.82) is 0 Å². The van der Waals surface area contributed by atoms with Gasteiger partial charge in [0.15, 0.2) is 0 Å². The van der Waals surface area contributed by atoms with Gasteiger partial charge in [-0.1, -0.05) is 0 Å².